The van der Waals surface area contributed by atoms with Crippen LogP contribution in [0.5, 0.6) is 0 Å². The van der Waals surface area contributed by atoms with E-state index in [2.05, 4.69) is 70.7 Å². The van der Waals surface area contributed by atoms with Crippen molar-refractivity contribution >= 4 is 45.9 Å². The Hall–Kier alpha value is -3.08. The zero-order valence-electron chi connectivity index (χ0n) is 17.7. The van der Waals surface area contributed by atoms with Gasteiger partial charge >= 0.3 is 0 Å². The SMILES string of the molecule is C(=C\c1ccccn1)/c1ccc(CSSCc2ccc(/C=C/c3ccccn3)cc2)cc1. The fourth-order valence-corrected chi connectivity index (χ4v) is 5.12. The molecule has 0 spiro atoms. The van der Waals surface area contributed by atoms with Gasteiger partial charge in [-0.1, -0.05) is 94.4 Å². The lowest BCUT2D eigenvalue weighted by molar-refractivity contribution is 1.30. The number of aromatic nitrogens is 2. The van der Waals surface area contributed by atoms with Crippen molar-refractivity contribution in [1.82, 2.24) is 9.97 Å². The topological polar surface area (TPSA) is 25.8 Å². The van der Waals surface area contributed by atoms with Crippen LogP contribution in [0.4, 0.5) is 0 Å². The van der Waals surface area contributed by atoms with Gasteiger partial charge in [0, 0.05) is 23.9 Å². The van der Waals surface area contributed by atoms with E-state index in [0.717, 1.165) is 22.9 Å². The summed E-state index contributed by atoms with van der Waals surface area (Å²) in [4.78, 5) is 8.63. The average molecular weight is 453 g/mol. The van der Waals surface area contributed by atoms with Crippen molar-refractivity contribution < 1.29 is 0 Å². The van der Waals surface area contributed by atoms with Crippen LogP contribution in [0.2, 0.25) is 0 Å². The first kappa shape index (κ1) is 22.1. The number of nitrogens with zero attached hydrogens (tertiary/aromatic N) is 2. The first-order valence-corrected chi connectivity index (χ1v) is 12.9. The van der Waals surface area contributed by atoms with Gasteiger partial charge in [0.2, 0.25) is 0 Å². The molecule has 2 aromatic heterocycles. The molecule has 0 unspecified atom stereocenters. The standard InChI is InChI=1S/C28H24N2S2/c1-3-19-29-27(5-1)17-15-23-7-11-25(12-8-23)21-31-32-22-26-13-9-24(10-14-26)16-18-28-6-2-4-20-30-28/h1-20H,21-22H2/b17-15+,18-16+. The molecule has 0 fully saturated rings. The lowest BCUT2D eigenvalue weighted by Crippen LogP contribution is -1.82. The normalized spacial score (nSPS) is 11.4. The number of hydrogen-bond donors (Lipinski definition) is 0. The highest BCUT2D eigenvalue weighted by molar-refractivity contribution is 8.76. The number of hydrogen-bond acceptors (Lipinski definition) is 4. The maximum absolute atomic E-state index is 4.31. The lowest BCUT2D eigenvalue weighted by Gasteiger charge is -2.04. The third kappa shape index (κ3) is 7.26. The largest absolute Gasteiger partial charge is 0.257 e. The van der Waals surface area contributed by atoms with Crippen LogP contribution < -0.4 is 0 Å². The Bertz CT molecular complexity index is 1040. The minimum absolute atomic E-state index is 0.973. The summed E-state index contributed by atoms with van der Waals surface area (Å²) >= 11 is 0. The molecule has 2 aromatic carbocycles. The van der Waals surface area contributed by atoms with Crippen LogP contribution in [0.15, 0.2) is 97.3 Å². The zero-order chi connectivity index (χ0) is 21.8. The van der Waals surface area contributed by atoms with Crippen LogP contribution in [0, 0.1) is 0 Å². The second-order valence-corrected chi connectivity index (χ2v) is 9.65. The molecular weight excluding hydrogens is 428 g/mol. The van der Waals surface area contributed by atoms with E-state index in [1.165, 1.54) is 22.3 Å². The van der Waals surface area contributed by atoms with E-state index in [1.54, 1.807) is 0 Å². The van der Waals surface area contributed by atoms with E-state index >= 15 is 0 Å². The Morgan fingerprint density at radius 3 is 1.31 bits per heavy atom. The highest BCUT2D eigenvalue weighted by atomic mass is 33.1. The van der Waals surface area contributed by atoms with E-state index in [4.69, 9.17) is 0 Å². The number of pyridine rings is 2. The van der Waals surface area contributed by atoms with Crippen molar-refractivity contribution in [1.29, 1.82) is 0 Å². The van der Waals surface area contributed by atoms with Crippen molar-refractivity contribution in [2.24, 2.45) is 0 Å². The van der Waals surface area contributed by atoms with E-state index < -0.39 is 0 Å². The van der Waals surface area contributed by atoms with Crippen LogP contribution in [0.3, 0.4) is 0 Å². The van der Waals surface area contributed by atoms with E-state index in [9.17, 15) is 0 Å². The van der Waals surface area contributed by atoms with E-state index in [-0.39, 0.29) is 0 Å². The molecule has 0 aliphatic carbocycles. The Labute approximate surface area is 197 Å². The Morgan fingerprint density at radius 1 is 0.500 bits per heavy atom. The summed E-state index contributed by atoms with van der Waals surface area (Å²) in [5, 5.41) is 0. The predicted octanol–water partition coefficient (Wildman–Crippen LogP) is 7.90. The third-order valence-electron chi connectivity index (χ3n) is 4.76. The monoisotopic (exact) mass is 452 g/mol. The molecular formula is C28H24N2S2. The molecule has 0 atom stereocenters. The fraction of sp³-hybridized carbons (Fsp3) is 0.0714. The van der Waals surface area contributed by atoms with Crippen molar-refractivity contribution in [3.8, 4) is 0 Å². The van der Waals surface area contributed by atoms with Crippen LogP contribution >= 0.6 is 21.6 Å². The van der Waals surface area contributed by atoms with Gasteiger partial charge in [-0.2, -0.15) is 0 Å². The van der Waals surface area contributed by atoms with Crippen molar-refractivity contribution in [3.05, 3.63) is 131 Å². The molecule has 0 amide bonds. The summed E-state index contributed by atoms with van der Waals surface area (Å²) in [7, 11) is 3.79. The predicted molar refractivity (Wildman–Crippen MR) is 142 cm³/mol. The maximum atomic E-state index is 4.31. The summed E-state index contributed by atoms with van der Waals surface area (Å²) in [6.45, 7) is 0. The first-order chi connectivity index (χ1) is 15.8. The molecule has 0 aliphatic rings. The summed E-state index contributed by atoms with van der Waals surface area (Å²) in [6.07, 6.45) is 11.9. The van der Waals surface area contributed by atoms with Gasteiger partial charge in [-0.25, -0.2) is 0 Å². The average Bonchev–Trinajstić information content (AvgIpc) is 2.87. The number of benzene rings is 2. The highest BCUT2D eigenvalue weighted by Gasteiger charge is 1.98. The second-order valence-electron chi connectivity index (χ2n) is 7.18. The summed E-state index contributed by atoms with van der Waals surface area (Å²) in [5.74, 6) is 2.00. The highest BCUT2D eigenvalue weighted by Crippen LogP contribution is 2.29. The van der Waals surface area contributed by atoms with E-state index in [0.29, 0.717) is 0 Å². The zero-order valence-corrected chi connectivity index (χ0v) is 19.3. The van der Waals surface area contributed by atoms with Crippen molar-refractivity contribution in [2.45, 2.75) is 11.5 Å². The minimum atomic E-state index is 0.973. The summed E-state index contributed by atoms with van der Waals surface area (Å²) in [5.41, 5.74) is 7.00. The van der Waals surface area contributed by atoms with Crippen LogP contribution in [0.1, 0.15) is 33.6 Å². The molecule has 2 heterocycles. The Morgan fingerprint density at radius 2 is 0.938 bits per heavy atom. The van der Waals surface area contributed by atoms with Crippen molar-refractivity contribution in [3.63, 3.8) is 0 Å². The molecule has 0 saturated heterocycles. The van der Waals surface area contributed by atoms with Gasteiger partial charge < -0.3 is 0 Å². The molecule has 2 nitrogen and oxygen atoms in total. The van der Waals surface area contributed by atoms with Gasteiger partial charge in [0.05, 0.1) is 11.4 Å². The minimum Gasteiger partial charge on any atom is -0.257 e. The second kappa shape index (κ2) is 12.1. The summed E-state index contributed by atoms with van der Waals surface area (Å²) < 4.78 is 0. The molecule has 0 N–H and O–H groups in total. The smallest absolute Gasteiger partial charge is 0.0629 e. The molecule has 158 valence electrons. The molecule has 0 bridgehead atoms. The molecule has 4 aromatic rings. The van der Waals surface area contributed by atoms with Gasteiger partial charge in [-0.15, -0.1) is 0 Å². The molecule has 0 aliphatic heterocycles. The first-order valence-electron chi connectivity index (χ1n) is 10.5. The molecule has 4 heteroatoms. The van der Waals surface area contributed by atoms with Crippen molar-refractivity contribution in [2.75, 3.05) is 0 Å². The van der Waals surface area contributed by atoms with Crippen LogP contribution in [-0.4, -0.2) is 9.97 Å². The van der Waals surface area contributed by atoms with Gasteiger partial charge in [0.1, 0.15) is 0 Å². The Balaban J connectivity index is 1.19. The van der Waals surface area contributed by atoms with Gasteiger partial charge in [-0.3, -0.25) is 9.97 Å². The Kier molecular flexibility index (Phi) is 8.36. The molecule has 32 heavy (non-hydrogen) atoms. The summed E-state index contributed by atoms with van der Waals surface area (Å²) in [6, 6.07) is 29.3. The third-order valence-corrected chi connectivity index (χ3v) is 7.04. The lowest BCUT2D eigenvalue weighted by atomic mass is 10.1. The fourth-order valence-electron chi connectivity index (χ4n) is 2.98. The van der Waals surface area contributed by atoms with Crippen LogP contribution in [-0.2, 0) is 11.5 Å². The van der Waals surface area contributed by atoms with Gasteiger partial charge in [0.25, 0.3) is 0 Å². The maximum Gasteiger partial charge on any atom is 0.0629 e. The van der Waals surface area contributed by atoms with Gasteiger partial charge in [0.15, 0.2) is 0 Å². The van der Waals surface area contributed by atoms with Crippen LogP contribution in [0.25, 0.3) is 24.3 Å². The van der Waals surface area contributed by atoms with Gasteiger partial charge in [-0.05, 0) is 58.7 Å². The number of rotatable bonds is 9. The quantitative estimate of drug-likeness (QED) is 0.190. The molecule has 0 saturated carbocycles. The molecule has 4 rings (SSSR count). The molecule has 0 radical (unpaired) electrons. The van der Waals surface area contributed by atoms with E-state index in [1.807, 2.05) is 82.5 Å².